The number of ether oxygens (including phenoxy) is 1. The maximum atomic E-state index is 13.2. The maximum Gasteiger partial charge on any atom is 0.327 e. The van der Waals surface area contributed by atoms with E-state index in [-0.39, 0.29) is 17.4 Å². The highest BCUT2D eigenvalue weighted by Crippen LogP contribution is 2.35. The van der Waals surface area contributed by atoms with Crippen LogP contribution in [-0.4, -0.2) is 58.1 Å². The highest BCUT2D eigenvalue weighted by Gasteiger charge is 2.30. The number of fused-ring (bicyclic) bond motifs is 1. The van der Waals surface area contributed by atoms with Crippen LogP contribution in [0.4, 0.5) is 17.1 Å². The van der Waals surface area contributed by atoms with Crippen molar-refractivity contribution in [3.8, 4) is 11.1 Å². The molecule has 1 amide bonds. The molecule has 1 aromatic heterocycles. The van der Waals surface area contributed by atoms with Gasteiger partial charge in [-0.2, -0.15) is 0 Å². The minimum Gasteiger partial charge on any atom is -0.755 e. The Hall–Kier alpha value is -4.19. The van der Waals surface area contributed by atoms with Crippen molar-refractivity contribution in [3.05, 3.63) is 78.1 Å². The van der Waals surface area contributed by atoms with Crippen LogP contribution in [0.1, 0.15) is 30.0 Å². The van der Waals surface area contributed by atoms with E-state index in [1.165, 1.54) is 0 Å². The summed E-state index contributed by atoms with van der Waals surface area (Å²) in [4.78, 5) is 27.2. The molecule has 1 aliphatic heterocycles. The molecule has 0 spiro atoms. The number of rotatable bonds is 9. The summed E-state index contributed by atoms with van der Waals surface area (Å²) in [6.07, 6.45) is 0. The summed E-state index contributed by atoms with van der Waals surface area (Å²) in [6, 6.07) is 18.4. The fourth-order valence-corrected chi connectivity index (χ4v) is 6.11. The lowest BCUT2D eigenvalue weighted by atomic mass is 10.0. The van der Waals surface area contributed by atoms with E-state index in [9.17, 15) is 23.5 Å². The first-order valence-electron chi connectivity index (χ1n) is 13.6. The topological polar surface area (TPSA) is 135 Å². The molecule has 3 aromatic carbocycles. The van der Waals surface area contributed by atoms with Gasteiger partial charge >= 0.3 is 5.97 Å². The Morgan fingerprint density at radius 1 is 1.00 bits per heavy atom. The Morgan fingerprint density at radius 3 is 2.19 bits per heavy atom. The molecule has 2 atom stereocenters. The average Bonchev–Trinajstić information content (AvgIpc) is 3.33. The van der Waals surface area contributed by atoms with E-state index in [1.807, 2.05) is 37.3 Å². The van der Waals surface area contributed by atoms with E-state index >= 15 is 0 Å². The van der Waals surface area contributed by atoms with Crippen LogP contribution in [-0.2, 0) is 20.8 Å². The third kappa shape index (κ3) is 5.89. The van der Waals surface area contributed by atoms with Gasteiger partial charge in [0.1, 0.15) is 11.6 Å². The molecule has 1 fully saturated rings. The Bertz CT molecular complexity index is 1610. The van der Waals surface area contributed by atoms with Gasteiger partial charge in [0.2, 0.25) is 0 Å². The molecule has 2 N–H and O–H groups in total. The highest BCUT2D eigenvalue weighted by atomic mass is 32.2. The second kappa shape index (κ2) is 12.4. The fraction of sp³-hybridized carbons (Fsp3) is 0.290. The van der Waals surface area contributed by atoms with Gasteiger partial charge in [-0.15, -0.1) is 0 Å². The number of carbonyl (C=O) groups is 2. The number of aryl methyl sites for hydroxylation is 1. The molecule has 0 aliphatic carbocycles. The molecule has 0 saturated carbocycles. The summed E-state index contributed by atoms with van der Waals surface area (Å²) in [5.41, 5.74) is 4.94. The number of nitrogens with one attached hydrogen (secondary N) is 1. The number of anilines is 3. The lowest BCUT2D eigenvalue weighted by Gasteiger charge is -2.34. The van der Waals surface area contributed by atoms with Crippen molar-refractivity contribution in [2.75, 3.05) is 40.8 Å². The Balaban J connectivity index is 1.32. The van der Waals surface area contributed by atoms with Gasteiger partial charge in [-0.1, -0.05) is 44.2 Å². The summed E-state index contributed by atoms with van der Waals surface area (Å²) >= 11 is -2.76. The molecule has 5 rings (SSSR count). The number of hydrogen-bond acceptors (Lipinski definition) is 7. The minimum absolute atomic E-state index is 0.256. The van der Waals surface area contributed by atoms with Gasteiger partial charge in [0.15, 0.2) is 5.76 Å². The first-order chi connectivity index (χ1) is 20.2. The van der Waals surface area contributed by atoms with Crippen molar-refractivity contribution >= 4 is 51.2 Å². The van der Waals surface area contributed by atoms with Crippen molar-refractivity contribution in [1.29, 1.82) is 0 Å². The van der Waals surface area contributed by atoms with Crippen LogP contribution < -0.4 is 14.5 Å². The number of carboxylic acids is 1. The van der Waals surface area contributed by atoms with Crippen molar-refractivity contribution < 1.29 is 32.6 Å². The van der Waals surface area contributed by atoms with E-state index in [0.29, 0.717) is 24.5 Å². The first-order valence-corrected chi connectivity index (χ1v) is 14.7. The lowest BCUT2D eigenvalue weighted by molar-refractivity contribution is -0.139. The molecule has 1 aliphatic rings. The zero-order chi connectivity index (χ0) is 30.0. The third-order valence-corrected chi connectivity index (χ3v) is 8.14. The van der Waals surface area contributed by atoms with E-state index in [4.69, 9.17) is 9.15 Å². The number of furan rings is 1. The van der Waals surface area contributed by atoms with Crippen molar-refractivity contribution in [2.45, 2.75) is 26.8 Å². The molecule has 0 radical (unpaired) electrons. The van der Waals surface area contributed by atoms with Crippen molar-refractivity contribution in [2.24, 2.45) is 5.92 Å². The molecule has 1 saturated heterocycles. The number of amides is 1. The molecule has 10 nitrogen and oxygen atoms in total. The molecule has 4 aromatic rings. The van der Waals surface area contributed by atoms with Gasteiger partial charge in [-0.05, 0) is 60.4 Å². The molecule has 42 heavy (non-hydrogen) atoms. The molecular formula is C31H32N3O7S-. The quantitative estimate of drug-likeness (QED) is 0.254. The normalized spacial score (nSPS) is 15.0. The second-order valence-electron chi connectivity index (χ2n) is 10.5. The number of morpholine rings is 1. The molecule has 0 bridgehead atoms. The van der Waals surface area contributed by atoms with E-state index in [1.54, 1.807) is 50.2 Å². The maximum absolute atomic E-state index is 13.2. The SMILES string of the molecule is Cc1c(C(=O)Nc2ccc(-c3ccc(N(C(C(=O)O)C(C)C)S(=O)[O-])cc3)cc2)oc2cccc(N3CCOCC3)c12. The van der Waals surface area contributed by atoms with Crippen molar-refractivity contribution in [1.82, 2.24) is 0 Å². The van der Waals surface area contributed by atoms with Crippen molar-refractivity contribution in [3.63, 3.8) is 0 Å². The van der Waals surface area contributed by atoms with Gasteiger partial charge in [0.25, 0.3) is 5.91 Å². The van der Waals surface area contributed by atoms with Crippen LogP contribution in [0.15, 0.2) is 71.1 Å². The largest absolute Gasteiger partial charge is 0.755 e. The molecule has 220 valence electrons. The summed E-state index contributed by atoms with van der Waals surface area (Å²) in [7, 11) is 0. The van der Waals surface area contributed by atoms with Gasteiger partial charge in [0.05, 0.1) is 13.2 Å². The smallest absolute Gasteiger partial charge is 0.327 e. The van der Waals surface area contributed by atoms with E-state index < -0.39 is 29.2 Å². The van der Waals surface area contributed by atoms with Gasteiger partial charge in [-0.25, -0.2) is 4.79 Å². The zero-order valence-electron chi connectivity index (χ0n) is 23.5. The van der Waals surface area contributed by atoms with E-state index in [2.05, 4.69) is 10.2 Å². The number of benzene rings is 3. The second-order valence-corrected chi connectivity index (χ2v) is 11.3. The average molecular weight is 591 g/mol. The first kappa shape index (κ1) is 29.3. The molecule has 2 heterocycles. The zero-order valence-corrected chi connectivity index (χ0v) is 24.3. The summed E-state index contributed by atoms with van der Waals surface area (Å²) in [5, 5.41) is 13.4. The monoisotopic (exact) mass is 590 g/mol. The van der Waals surface area contributed by atoms with Gasteiger partial charge in [0, 0.05) is 52.4 Å². The predicted octanol–water partition coefficient (Wildman–Crippen LogP) is 5.21. The third-order valence-electron chi connectivity index (χ3n) is 7.39. The minimum atomic E-state index is -2.76. The van der Waals surface area contributed by atoms with E-state index in [0.717, 1.165) is 45.2 Å². The number of hydrogen-bond donors (Lipinski definition) is 2. The van der Waals surface area contributed by atoms with Crippen LogP contribution >= 0.6 is 0 Å². The van der Waals surface area contributed by atoms with Gasteiger partial charge in [-0.3, -0.25) is 13.3 Å². The Morgan fingerprint density at radius 2 is 1.62 bits per heavy atom. The number of carboxylic acid groups (broad SMARTS) is 1. The van der Waals surface area contributed by atoms with Crippen LogP contribution in [0, 0.1) is 12.8 Å². The Kier molecular flexibility index (Phi) is 8.62. The van der Waals surface area contributed by atoms with Crippen LogP contribution in [0.3, 0.4) is 0 Å². The molecule has 11 heteroatoms. The number of nitrogens with zero attached hydrogens (tertiary/aromatic N) is 2. The molecule has 2 unspecified atom stereocenters. The predicted molar refractivity (Wildman–Crippen MR) is 161 cm³/mol. The number of aliphatic carboxylic acids is 1. The van der Waals surface area contributed by atoms with Gasteiger partial charge < -0.3 is 29.0 Å². The lowest BCUT2D eigenvalue weighted by Crippen LogP contribution is -2.45. The summed E-state index contributed by atoms with van der Waals surface area (Å²) in [6.45, 7) is 8.07. The number of carbonyl (C=O) groups excluding carboxylic acids is 1. The molecular weight excluding hydrogens is 558 g/mol. The summed E-state index contributed by atoms with van der Waals surface area (Å²) in [5.74, 6) is -1.74. The van der Waals surface area contributed by atoms with Crippen LogP contribution in [0.2, 0.25) is 0 Å². The van der Waals surface area contributed by atoms with Crippen LogP contribution in [0.25, 0.3) is 22.1 Å². The fourth-order valence-electron chi connectivity index (χ4n) is 5.30. The summed E-state index contributed by atoms with van der Waals surface area (Å²) < 4.78 is 36.2. The van der Waals surface area contributed by atoms with Crippen LogP contribution in [0.5, 0.6) is 0 Å². The Labute approximate surface area is 246 Å². The standard InChI is InChI=1S/C31H33N3O7S/c1-19(2)28(31(36)37)34(42(38)39)24-13-9-22(10-14-24)21-7-11-23(12-8-21)32-30(35)29-20(3)27-25(5-4-6-26(27)41-29)33-15-17-40-18-16-33/h4-14,19,28H,15-18H2,1-3H3,(H,32,35)(H,36,37)(H,38,39)/p-1. The highest BCUT2D eigenvalue weighted by molar-refractivity contribution is 7.80.